The first-order valence-electron chi connectivity index (χ1n) is 5.31. The molecule has 0 aliphatic heterocycles. The number of esters is 1. The van der Waals surface area contributed by atoms with Crippen molar-refractivity contribution in [1.82, 2.24) is 4.98 Å². The van der Waals surface area contributed by atoms with Crippen LogP contribution in [-0.2, 0) is 14.6 Å². The number of thiazole rings is 1. The van der Waals surface area contributed by atoms with E-state index in [0.717, 1.165) is 11.3 Å². The van der Waals surface area contributed by atoms with Gasteiger partial charge in [0.2, 0.25) is 0 Å². The van der Waals surface area contributed by atoms with Crippen LogP contribution in [0.1, 0.15) is 16.6 Å². The molecule has 0 aliphatic carbocycles. The van der Waals surface area contributed by atoms with E-state index in [4.69, 9.17) is 11.6 Å². The van der Waals surface area contributed by atoms with Crippen molar-refractivity contribution in [2.45, 2.75) is 13.0 Å². The SMILES string of the molecule is COC(=O)c1sc(N(C)C(C)CS(C)(=O)=O)nc1Cl. The van der Waals surface area contributed by atoms with Crippen LogP contribution in [0.5, 0.6) is 0 Å². The lowest BCUT2D eigenvalue weighted by molar-refractivity contribution is 0.0606. The molecule has 0 N–H and O–H groups in total. The van der Waals surface area contributed by atoms with E-state index < -0.39 is 15.8 Å². The number of halogens is 1. The van der Waals surface area contributed by atoms with Gasteiger partial charge in [-0.1, -0.05) is 22.9 Å². The van der Waals surface area contributed by atoms with E-state index in [9.17, 15) is 13.2 Å². The molecule has 0 saturated heterocycles. The highest BCUT2D eigenvalue weighted by atomic mass is 35.5. The van der Waals surface area contributed by atoms with E-state index in [1.54, 1.807) is 18.9 Å². The molecule has 0 amide bonds. The van der Waals surface area contributed by atoms with E-state index in [0.29, 0.717) is 5.13 Å². The summed E-state index contributed by atoms with van der Waals surface area (Å²) in [6.45, 7) is 1.76. The molecule has 0 fully saturated rings. The molecule has 6 nitrogen and oxygen atoms in total. The van der Waals surface area contributed by atoms with Crippen molar-refractivity contribution in [3.63, 3.8) is 0 Å². The highest BCUT2D eigenvalue weighted by molar-refractivity contribution is 7.90. The standard InChI is InChI=1S/C10H15ClN2O4S2/c1-6(5-19(4,15)16)13(2)10-12-8(11)7(18-10)9(14)17-3/h6H,5H2,1-4H3. The fourth-order valence-corrected chi connectivity index (χ4v) is 3.76. The maximum Gasteiger partial charge on any atom is 0.351 e. The molecule has 9 heteroatoms. The van der Waals surface area contributed by atoms with Crippen LogP contribution in [0.15, 0.2) is 0 Å². The van der Waals surface area contributed by atoms with E-state index in [2.05, 4.69) is 9.72 Å². The molecule has 1 rings (SSSR count). The van der Waals surface area contributed by atoms with Crippen LogP contribution in [0.2, 0.25) is 5.15 Å². The van der Waals surface area contributed by atoms with Crippen molar-refractivity contribution in [3.05, 3.63) is 10.0 Å². The Labute approximate surface area is 121 Å². The van der Waals surface area contributed by atoms with Gasteiger partial charge in [-0.2, -0.15) is 0 Å². The molecule has 108 valence electrons. The van der Waals surface area contributed by atoms with Gasteiger partial charge in [0.05, 0.1) is 12.9 Å². The van der Waals surface area contributed by atoms with Gasteiger partial charge in [0.25, 0.3) is 0 Å². The monoisotopic (exact) mass is 326 g/mol. The third-order valence-corrected chi connectivity index (χ3v) is 5.05. The maximum atomic E-state index is 11.4. The van der Waals surface area contributed by atoms with Gasteiger partial charge >= 0.3 is 5.97 Å². The quantitative estimate of drug-likeness (QED) is 0.762. The van der Waals surface area contributed by atoms with Crippen LogP contribution >= 0.6 is 22.9 Å². The second-order valence-electron chi connectivity index (χ2n) is 4.16. The van der Waals surface area contributed by atoms with Gasteiger partial charge in [-0.3, -0.25) is 0 Å². The Morgan fingerprint density at radius 2 is 2.16 bits per heavy atom. The molecule has 1 atom stereocenters. The Morgan fingerprint density at radius 1 is 1.58 bits per heavy atom. The van der Waals surface area contributed by atoms with Gasteiger partial charge in [-0.25, -0.2) is 18.2 Å². The third kappa shape index (κ3) is 4.32. The number of carbonyl (C=O) groups excluding carboxylic acids is 1. The number of ether oxygens (including phenoxy) is 1. The number of aromatic nitrogens is 1. The summed E-state index contributed by atoms with van der Waals surface area (Å²) in [5.74, 6) is -0.563. The fraction of sp³-hybridized carbons (Fsp3) is 0.600. The van der Waals surface area contributed by atoms with E-state index in [-0.39, 0.29) is 21.8 Å². The number of anilines is 1. The van der Waals surface area contributed by atoms with Crippen LogP contribution in [0.25, 0.3) is 0 Å². The first-order chi connectivity index (χ1) is 8.65. The minimum absolute atomic E-state index is 0.00570. The number of carbonyl (C=O) groups is 1. The van der Waals surface area contributed by atoms with Crippen LogP contribution < -0.4 is 4.90 Å². The van der Waals surface area contributed by atoms with E-state index in [1.165, 1.54) is 13.4 Å². The molecular weight excluding hydrogens is 312 g/mol. The number of hydrogen-bond acceptors (Lipinski definition) is 7. The Balaban J connectivity index is 2.95. The third-order valence-electron chi connectivity index (χ3n) is 2.45. The van der Waals surface area contributed by atoms with Crippen LogP contribution in [0.3, 0.4) is 0 Å². The molecule has 0 radical (unpaired) electrons. The number of sulfone groups is 1. The summed E-state index contributed by atoms with van der Waals surface area (Å²) >= 11 is 6.92. The second-order valence-corrected chi connectivity index (χ2v) is 7.68. The molecule has 0 aliphatic rings. The van der Waals surface area contributed by atoms with Gasteiger partial charge < -0.3 is 9.64 Å². The van der Waals surface area contributed by atoms with Crippen molar-refractivity contribution in [2.75, 3.05) is 31.1 Å². The molecule has 19 heavy (non-hydrogen) atoms. The highest BCUT2D eigenvalue weighted by Crippen LogP contribution is 2.30. The summed E-state index contributed by atoms with van der Waals surface area (Å²) in [6.07, 6.45) is 1.17. The van der Waals surface area contributed by atoms with Gasteiger partial charge in [0, 0.05) is 19.3 Å². The zero-order valence-electron chi connectivity index (χ0n) is 11.0. The van der Waals surface area contributed by atoms with Gasteiger partial charge in [0.15, 0.2) is 15.2 Å². The topological polar surface area (TPSA) is 76.6 Å². The first-order valence-corrected chi connectivity index (χ1v) is 8.56. The molecular formula is C10H15ClN2O4S2. The first kappa shape index (κ1) is 16.2. The summed E-state index contributed by atoms with van der Waals surface area (Å²) in [4.78, 5) is 17.3. The minimum Gasteiger partial charge on any atom is -0.465 e. The largest absolute Gasteiger partial charge is 0.465 e. The zero-order valence-corrected chi connectivity index (χ0v) is 13.4. The van der Waals surface area contributed by atoms with Gasteiger partial charge in [-0.15, -0.1) is 0 Å². The lowest BCUT2D eigenvalue weighted by Gasteiger charge is -2.23. The predicted molar refractivity (Wildman–Crippen MR) is 76.0 cm³/mol. The zero-order chi connectivity index (χ0) is 14.8. The summed E-state index contributed by atoms with van der Waals surface area (Å²) in [5, 5.41) is 0.534. The van der Waals surface area contributed by atoms with Crippen LogP contribution in [0.4, 0.5) is 5.13 Å². The average Bonchev–Trinajstić information content (AvgIpc) is 2.67. The van der Waals surface area contributed by atoms with E-state index in [1.807, 2.05) is 0 Å². The average molecular weight is 327 g/mol. The summed E-state index contributed by atoms with van der Waals surface area (Å²) in [6, 6.07) is -0.275. The van der Waals surface area contributed by atoms with Crippen molar-refractivity contribution in [1.29, 1.82) is 0 Å². The van der Waals surface area contributed by atoms with Crippen molar-refractivity contribution < 1.29 is 17.9 Å². The number of rotatable bonds is 5. The summed E-state index contributed by atoms with van der Waals surface area (Å²) in [5.41, 5.74) is 0. The normalized spacial score (nSPS) is 13.1. The molecule has 0 aromatic carbocycles. The molecule has 0 saturated carbocycles. The van der Waals surface area contributed by atoms with Crippen molar-refractivity contribution in [3.8, 4) is 0 Å². The molecule has 1 aromatic rings. The maximum absolute atomic E-state index is 11.4. The Kier molecular flexibility index (Phi) is 5.17. The van der Waals surface area contributed by atoms with Crippen molar-refractivity contribution in [2.24, 2.45) is 0 Å². The van der Waals surface area contributed by atoms with Crippen LogP contribution in [0, 0.1) is 0 Å². The number of nitrogens with zero attached hydrogens (tertiary/aromatic N) is 2. The van der Waals surface area contributed by atoms with E-state index >= 15 is 0 Å². The van der Waals surface area contributed by atoms with Gasteiger partial charge in [-0.05, 0) is 6.92 Å². The predicted octanol–water partition coefficient (Wildman–Crippen LogP) is 1.45. The molecule has 1 heterocycles. The van der Waals surface area contributed by atoms with Gasteiger partial charge in [0.1, 0.15) is 9.84 Å². The van der Waals surface area contributed by atoms with Crippen LogP contribution in [-0.4, -0.2) is 51.6 Å². The number of methoxy groups -OCH3 is 1. The summed E-state index contributed by atoms with van der Waals surface area (Å²) < 4.78 is 27.1. The Bertz CT molecular complexity index is 570. The van der Waals surface area contributed by atoms with Crippen molar-refractivity contribution >= 4 is 43.9 Å². The summed E-state index contributed by atoms with van der Waals surface area (Å²) in [7, 11) is -0.132. The lowest BCUT2D eigenvalue weighted by Crippen LogP contribution is -2.34. The molecule has 1 aromatic heterocycles. The lowest BCUT2D eigenvalue weighted by atomic mass is 10.4. The minimum atomic E-state index is -3.09. The Morgan fingerprint density at radius 3 is 2.63 bits per heavy atom. The fourth-order valence-electron chi connectivity index (χ4n) is 1.40. The highest BCUT2D eigenvalue weighted by Gasteiger charge is 2.23. The molecule has 0 bridgehead atoms. The molecule has 0 spiro atoms. The second kappa shape index (κ2) is 6.06. The Hall–Kier alpha value is -0.860. The smallest absolute Gasteiger partial charge is 0.351 e. The number of hydrogen-bond donors (Lipinski definition) is 0. The molecule has 1 unspecified atom stereocenters.